The number of benzene rings is 1. The molecule has 0 atom stereocenters. The summed E-state index contributed by atoms with van der Waals surface area (Å²) in [5.74, 6) is 0.414. The van der Waals surface area contributed by atoms with Crippen molar-refractivity contribution in [1.29, 1.82) is 0 Å². The summed E-state index contributed by atoms with van der Waals surface area (Å²) in [5, 5.41) is 10.2. The van der Waals surface area contributed by atoms with Crippen LogP contribution in [0.4, 0.5) is 5.69 Å². The molecule has 0 spiro atoms. The first kappa shape index (κ1) is 14.4. The van der Waals surface area contributed by atoms with Gasteiger partial charge in [-0.25, -0.2) is 0 Å². The van der Waals surface area contributed by atoms with E-state index in [0.29, 0.717) is 16.5 Å². The monoisotopic (exact) mass is 293 g/mol. The Morgan fingerprint density at radius 2 is 2.15 bits per heavy atom. The van der Waals surface area contributed by atoms with Crippen LogP contribution < -0.4 is 10.1 Å². The van der Waals surface area contributed by atoms with Crippen LogP contribution in [0.5, 0.6) is 5.75 Å². The normalized spacial score (nSPS) is 10.4. The van der Waals surface area contributed by atoms with E-state index in [1.54, 1.807) is 18.2 Å². The Morgan fingerprint density at radius 1 is 1.40 bits per heavy atom. The standard InChI is InChI=1S/C14H16ClN3O2/c1-8-6-11(15)4-5-12(8)20-7-13(19)16-14-9(2)17-18-10(14)3/h4-6H,7H2,1-3H3,(H,16,19)(H,17,18). The van der Waals surface area contributed by atoms with Gasteiger partial charge in [-0.1, -0.05) is 11.6 Å². The molecule has 1 aromatic heterocycles. The van der Waals surface area contributed by atoms with Crippen molar-refractivity contribution < 1.29 is 9.53 Å². The number of hydrogen-bond donors (Lipinski definition) is 2. The van der Waals surface area contributed by atoms with E-state index >= 15 is 0 Å². The number of H-pyrrole nitrogens is 1. The first-order valence-electron chi connectivity index (χ1n) is 6.17. The third-order valence-corrected chi connectivity index (χ3v) is 3.12. The van der Waals surface area contributed by atoms with Gasteiger partial charge in [0.05, 0.1) is 17.1 Å². The number of rotatable bonds is 4. The number of hydrogen-bond acceptors (Lipinski definition) is 3. The van der Waals surface area contributed by atoms with Gasteiger partial charge in [0.25, 0.3) is 5.91 Å². The van der Waals surface area contributed by atoms with Crippen molar-refractivity contribution in [2.45, 2.75) is 20.8 Å². The minimum absolute atomic E-state index is 0.0630. The fraction of sp³-hybridized carbons (Fsp3) is 0.286. The van der Waals surface area contributed by atoms with Crippen LogP contribution in [-0.4, -0.2) is 22.7 Å². The number of carbonyl (C=O) groups is 1. The second-order valence-electron chi connectivity index (χ2n) is 4.56. The second kappa shape index (κ2) is 5.96. The lowest BCUT2D eigenvalue weighted by atomic mass is 10.2. The van der Waals surface area contributed by atoms with Gasteiger partial charge in [0, 0.05) is 5.02 Å². The van der Waals surface area contributed by atoms with Crippen LogP contribution in [0.3, 0.4) is 0 Å². The smallest absolute Gasteiger partial charge is 0.262 e. The van der Waals surface area contributed by atoms with Crippen LogP contribution in [0.2, 0.25) is 5.02 Å². The SMILES string of the molecule is Cc1cc(Cl)ccc1OCC(=O)Nc1c(C)n[nH]c1C. The zero-order valence-corrected chi connectivity index (χ0v) is 12.3. The minimum Gasteiger partial charge on any atom is -0.483 e. The maximum atomic E-state index is 11.9. The molecule has 0 aliphatic rings. The summed E-state index contributed by atoms with van der Waals surface area (Å²) in [6.45, 7) is 5.49. The maximum absolute atomic E-state index is 11.9. The Kier molecular flexibility index (Phi) is 4.29. The van der Waals surface area contributed by atoms with Crippen molar-refractivity contribution in [2.24, 2.45) is 0 Å². The Morgan fingerprint density at radius 3 is 2.75 bits per heavy atom. The average molecular weight is 294 g/mol. The van der Waals surface area contributed by atoms with Gasteiger partial charge < -0.3 is 10.1 Å². The Hall–Kier alpha value is -2.01. The van der Waals surface area contributed by atoms with Gasteiger partial charge in [-0.15, -0.1) is 0 Å². The number of nitrogens with one attached hydrogen (secondary N) is 2. The van der Waals surface area contributed by atoms with Crippen molar-refractivity contribution in [3.05, 3.63) is 40.2 Å². The van der Waals surface area contributed by atoms with Gasteiger partial charge in [0.15, 0.2) is 6.61 Å². The van der Waals surface area contributed by atoms with E-state index in [1.807, 2.05) is 20.8 Å². The minimum atomic E-state index is -0.230. The molecule has 2 N–H and O–H groups in total. The van der Waals surface area contributed by atoms with Crippen LogP contribution >= 0.6 is 11.6 Å². The summed E-state index contributed by atoms with van der Waals surface area (Å²) in [7, 11) is 0. The second-order valence-corrected chi connectivity index (χ2v) is 4.99. The predicted molar refractivity (Wildman–Crippen MR) is 78.4 cm³/mol. The predicted octanol–water partition coefficient (Wildman–Crippen LogP) is 3.01. The fourth-order valence-electron chi connectivity index (χ4n) is 1.83. The molecule has 0 saturated carbocycles. The lowest BCUT2D eigenvalue weighted by Gasteiger charge is -2.10. The molecule has 20 heavy (non-hydrogen) atoms. The number of nitrogens with zero attached hydrogens (tertiary/aromatic N) is 1. The Labute approximate surface area is 122 Å². The fourth-order valence-corrected chi connectivity index (χ4v) is 2.06. The van der Waals surface area contributed by atoms with Crippen molar-refractivity contribution in [3.63, 3.8) is 0 Å². The van der Waals surface area contributed by atoms with Gasteiger partial charge in [-0.3, -0.25) is 9.89 Å². The average Bonchev–Trinajstić information content (AvgIpc) is 2.69. The first-order valence-corrected chi connectivity index (χ1v) is 6.55. The summed E-state index contributed by atoms with van der Waals surface area (Å²) >= 11 is 5.86. The summed E-state index contributed by atoms with van der Waals surface area (Å²) < 4.78 is 5.48. The quantitative estimate of drug-likeness (QED) is 0.910. The van der Waals surface area contributed by atoms with Crippen molar-refractivity contribution in [1.82, 2.24) is 10.2 Å². The molecule has 1 amide bonds. The van der Waals surface area contributed by atoms with Crippen LogP contribution in [0.15, 0.2) is 18.2 Å². The third-order valence-electron chi connectivity index (χ3n) is 2.89. The van der Waals surface area contributed by atoms with Gasteiger partial charge in [-0.2, -0.15) is 5.10 Å². The molecule has 0 bridgehead atoms. The number of aryl methyl sites for hydroxylation is 3. The molecule has 5 nitrogen and oxygen atoms in total. The summed E-state index contributed by atoms with van der Waals surface area (Å²) in [6, 6.07) is 5.27. The zero-order valence-electron chi connectivity index (χ0n) is 11.6. The molecular weight excluding hydrogens is 278 g/mol. The summed E-state index contributed by atoms with van der Waals surface area (Å²) in [6.07, 6.45) is 0. The number of aromatic nitrogens is 2. The molecule has 2 rings (SSSR count). The summed E-state index contributed by atoms with van der Waals surface area (Å²) in [5.41, 5.74) is 3.16. The largest absolute Gasteiger partial charge is 0.483 e. The van der Waals surface area contributed by atoms with E-state index in [9.17, 15) is 4.79 Å². The lowest BCUT2D eigenvalue weighted by Crippen LogP contribution is -2.21. The van der Waals surface area contributed by atoms with Gasteiger partial charge in [0.1, 0.15) is 5.75 Å². The van der Waals surface area contributed by atoms with E-state index in [0.717, 1.165) is 17.0 Å². The number of carbonyl (C=O) groups excluding carboxylic acids is 1. The molecule has 106 valence electrons. The van der Waals surface area contributed by atoms with E-state index in [-0.39, 0.29) is 12.5 Å². The van der Waals surface area contributed by atoms with E-state index < -0.39 is 0 Å². The number of aromatic amines is 1. The molecule has 1 heterocycles. The molecule has 0 radical (unpaired) electrons. The highest BCUT2D eigenvalue weighted by Gasteiger charge is 2.11. The maximum Gasteiger partial charge on any atom is 0.262 e. The topological polar surface area (TPSA) is 67.0 Å². The Bertz CT molecular complexity index is 618. The third kappa shape index (κ3) is 3.30. The number of ether oxygens (including phenoxy) is 1. The molecule has 1 aromatic carbocycles. The molecule has 0 aliphatic carbocycles. The van der Waals surface area contributed by atoms with E-state index in [4.69, 9.17) is 16.3 Å². The number of amides is 1. The molecule has 2 aromatic rings. The molecule has 0 unspecified atom stereocenters. The molecular formula is C14H16ClN3O2. The van der Waals surface area contributed by atoms with Gasteiger partial charge >= 0.3 is 0 Å². The molecule has 0 saturated heterocycles. The van der Waals surface area contributed by atoms with Crippen molar-refractivity contribution in [2.75, 3.05) is 11.9 Å². The highest BCUT2D eigenvalue weighted by molar-refractivity contribution is 6.30. The van der Waals surface area contributed by atoms with Crippen molar-refractivity contribution in [3.8, 4) is 5.75 Å². The molecule has 0 fully saturated rings. The molecule has 0 aliphatic heterocycles. The highest BCUT2D eigenvalue weighted by atomic mass is 35.5. The zero-order chi connectivity index (χ0) is 14.7. The number of anilines is 1. The summed E-state index contributed by atoms with van der Waals surface area (Å²) in [4.78, 5) is 11.9. The van der Waals surface area contributed by atoms with Crippen LogP contribution in [0.1, 0.15) is 17.0 Å². The van der Waals surface area contributed by atoms with Crippen LogP contribution in [0.25, 0.3) is 0 Å². The lowest BCUT2D eigenvalue weighted by molar-refractivity contribution is -0.118. The highest BCUT2D eigenvalue weighted by Crippen LogP contribution is 2.22. The molecule has 6 heteroatoms. The van der Waals surface area contributed by atoms with Crippen molar-refractivity contribution >= 4 is 23.2 Å². The van der Waals surface area contributed by atoms with Crippen LogP contribution in [-0.2, 0) is 4.79 Å². The Balaban J connectivity index is 1.96. The number of halogens is 1. The van der Waals surface area contributed by atoms with E-state index in [2.05, 4.69) is 15.5 Å². The van der Waals surface area contributed by atoms with Gasteiger partial charge in [0.2, 0.25) is 0 Å². The first-order chi connectivity index (χ1) is 9.47. The van der Waals surface area contributed by atoms with Gasteiger partial charge in [-0.05, 0) is 44.5 Å². The van der Waals surface area contributed by atoms with Crippen LogP contribution in [0, 0.1) is 20.8 Å². The van der Waals surface area contributed by atoms with E-state index in [1.165, 1.54) is 0 Å².